The fourth-order valence-corrected chi connectivity index (χ4v) is 2.08. The lowest BCUT2D eigenvalue weighted by atomic mass is 10.0. The third kappa shape index (κ3) is 2.53. The van der Waals surface area contributed by atoms with E-state index in [1.54, 1.807) is 13.3 Å². The van der Waals surface area contributed by atoms with Gasteiger partial charge in [0.15, 0.2) is 0 Å². The van der Waals surface area contributed by atoms with Gasteiger partial charge in [0, 0.05) is 17.8 Å². The van der Waals surface area contributed by atoms with Crippen LogP contribution < -0.4 is 10.1 Å². The molecule has 1 unspecified atom stereocenters. The third-order valence-electron chi connectivity index (χ3n) is 3.08. The molecule has 3 nitrogen and oxygen atoms in total. The van der Waals surface area contributed by atoms with E-state index in [0.717, 1.165) is 24.6 Å². The molecule has 3 heteroatoms. The predicted octanol–water partition coefficient (Wildman–Crippen LogP) is 2.54. The molecule has 16 heavy (non-hydrogen) atoms. The number of aromatic nitrogens is 1. The molecule has 0 bridgehead atoms. The summed E-state index contributed by atoms with van der Waals surface area (Å²) < 4.78 is 5.38. The molecule has 1 N–H and O–H groups in total. The van der Waals surface area contributed by atoms with Gasteiger partial charge < -0.3 is 10.1 Å². The van der Waals surface area contributed by atoms with Crippen molar-refractivity contribution in [3.63, 3.8) is 0 Å². The van der Waals surface area contributed by atoms with Crippen molar-refractivity contribution in [2.45, 2.75) is 32.2 Å². The first-order valence-electron chi connectivity index (χ1n) is 6.08. The molecule has 0 aromatic carbocycles. The van der Waals surface area contributed by atoms with Crippen molar-refractivity contribution in [2.24, 2.45) is 5.92 Å². The molecule has 1 aliphatic rings. The Hall–Kier alpha value is -1.09. The van der Waals surface area contributed by atoms with Crippen LogP contribution in [0.25, 0.3) is 0 Å². The van der Waals surface area contributed by atoms with E-state index in [4.69, 9.17) is 4.74 Å². The molecule has 1 aliphatic carbocycles. The number of methoxy groups -OCH3 is 1. The van der Waals surface area contributed by atoms with Crippen molar-refractivity contribution in [1.82, 2.24) is 10.3 Å². The van der Waals surface area contributed by atoms with Gasteiger partial charge in [0.2, 0.25) is 0 Å². The molecule has 0 saturated heterocycles. The van der Waals surface area contributed by atoms with Crippen molar-refractivity contribution in [3.05, 3.63) is 24.0 Å². The maximum Gasteiger partial charge on any atom is 0.141 e. The molecule has 0 amide bonds. The first-order chi connectivity index (χ1) is 7.86. The van der Waals surface area contributed by atoms with Gasteiger partial charge in [-0.25, -0.2) is 0 Å². The Morgan fingerprint density at radius 2 is 2.38 bits per heavy atom. The second-order valence-electron chi connectivity index (χ2n) is 4.39. The summed E-state index contributed by atoms with van der Waals surface area (Å²) in [5.41, 5.74) is 1.26. The van der Waals surface area contributed by atoms with Crippen LogP contribution in [0.5, 0.6) is 5.75 Å². The molecule has 88 valence electrons. The van der Waals surface area contributed by atoms with Crippen LogP contribution in [0.15, 0.2) is 18.5 Å². The highest BCUT2D eigenvalue weighted by atomic mass is 16.5. The number of nitrogens with zero attached hydrogens (tertiary/aromatic N) is 1. The minimum absolute atomic E-state index is 0.442. The largest absolute Gasteiger partial charge is 0.495 e. The van der Waals surface area contributed by atoms with Gasteiger partial charge in [0.1, 0.15) is 5.75 Å². The highest BCUT2D eigenvalue weighted by molar-refractivity contribution is 5.34. The van der Waals surface area contributed by atoms with Crippen LogP contribution in [0, 0.1) is 5.92 Å². The van der Waals surface area contributed by atoms with Crippen LogP contribution in [-0.4, -0.2) is 18.6 Å². The lowest BCUT2D eigenvalue weighted by Gasteiger charge is -2.20. The maximum absolute atomic E-state index is 5.38. The number of hydrogen-bond acceptors (Lipinski definition) is 3. The van der Waals surface area contributed by atoms with E-state index in [-0.39, 0.29) is 0 Å². The van der Waals surface area contributed by atoms with Crippen LogP contribution in [0.4, 0.5) is 0 Å². The van der Waals surface area contributed by atoms with Crippen LogP contribution in [0.3, 0.4) is 0 Å². The van der Waals surface area contributed by atoms with Gasteiger partial charge >= 0.3 is 0 Å². The third-order valence-corrected chi connectivity index (χ3v) is 3.08. The van der Waals surface area contributed by atoms with Gasteiger partial charge in [-0.2, -0.15) is 0 Å². The normalized spacial score (nSPS) is 17.1. The summed E-state index contributed by atoms with van der Waals surface area (Å²) in [7, 11) is 1.71. The summed E-state index contributed by atoms with van der Waals surface area (Å²) in [4.78, 5) is 4.11. The maximum atomic E-state index is 5.38. The molecule has 1 saturated carbocycles. The monoisotopic (exact) mass is 220 g/mol. The Kier molecular flexibility index (Phi) is 3.78. The van der Waals surface area contributed by atoms with Gasteiger partial charge in [-0.3, -0.25) is 4.98 Å². The lowest BCUT2D eigenvalue weighted by molar-refractivity contribution is 0.389. The zero-order valence-electron chi connectivity index (χ0n) is 10.1. The fourth-order valence-electron chi connectivity index (χ4n) is 2.08. The summed E-state index contributed by atoms with van der Waals surface area (Å²) in [6.07, 6.45) is 7.47. The summed E-state index contributed by atoms with van der Waals surface area (Å²) in [5, 5.41) is 3.61. The summed E-state index contributed by atoms with van der Waals surface area (Å²) in [5.74, 6) is 1.69. The van der Waals surface area contributed by atoms with Crippen LogP contribution in [0.1, 0.15) is 37.8 Å². The first-order valence-corrected chi connectivity index (χ1v) is 6.08. The average Bonchev–Trinajstić information content (AvgIpc) is 3.14. The molecule has 2 rings (SSSR count). The van der Waals surface area contributed by atoms with Crippen LogP contribution >= 0.6 is 0 Å². The topological polar surface area (TPSA) is 34.2 Å². The second-order valence-corrected chi connectivity index (χ2v) is 4.39. The van der Waals surface area contributed by atoms with Gasteiger partial charge in [0.05, 0.1) is 13.3 Å². The van der Waals surface area contributed by atoms with Crippen LogP contribution in [0.2, 0.25) is 0 Å². The average molecular weight is 220 g/mol. The van der Waals surface area contributed by atoms with Gasteiger partial charge in [0.25, 0.3) is 0 Å². The summed E-state index contributed by atoms with van der Waals surface area (Å²) in [6.45, 7) is 3.26. The lowest BCUT2D eigenvalue weighted by Crippen LogP contribution is -2.24. The second kappa shape index (κ2) is 5.30. The zero-order valence-corrected chi connectivity index (χ0v) is 10.1. The fraction of sp³-hybridized carbons (Fsp3) is 0.615. The van der Waals surface area contributed by atoms with Crippen molar-refractivity contribution in [3.8, 4) is 5.75 Å². The number of pyridine rings is 1. The first kappa shape index (κ1) is 11.4. The van der Waals surface area contributed by atoms with E-state index >= 15 is 0 Å². The Labute approximate surface area is 97.2 Å². The molecule has 1 atom stereocenters. The van der Waals surface area contributed by atoms with E-state index < -0.39 is 0 Å². The predicted molar refractivity (Wildman–Crippen MR) is 64.5 cm³/mol. The molecular formula is C13H20N2O. The van der Waals surface area contributed by atoms with Crippen LogP contribution in [-0.2, 0) is 0 Å². The number of rotatable bonds is 6. The molecule has 0 spiro atoms. The highest BCUT2D eigenvalue weighted by Gasteiger charge is 2.33. The zero-order chi connectivity index (χ0) is 11.4. The van der Waals surface area contributed by atoms with E-state index in [1.807, 2.05) is 6.20 Å². The minimum atomic E-state index is 0.442. The van der Waals surface area contributed by atoms with Gasteiger partial charge in [-0.05, 0) is 37.8 Å². The number of ether oxygens (including phenoxy) is 1. The Bertz CT molecular complexity index is 336. The number of hydrogen-bond donors (Lipinski definition) is 1. The standard InChI is InChI=1S/C13H20N2O/c1-3-7-15-13(10-4-5-10)11-6-8-14-9-12(11)16-2/h6,8-10,13,15H,3-5,7H2,1-2H3. The van der Waals surface area contributed by atoms with E-state index in [0.29, 0.717) is 6.04 Å². The van der Waals surface area contributed by atoms with Gasteiger partial charge in [-0.15, -0.1) is 0 Å². The SMILES string of the molecule is CCCNC(c1ccncc1OC)C1CC1. The molecule has 1 fully saturated rings. The van der Waals surface area contributed by atoms with E-state index in [1.165, 1.54) is 18.4 Å². The Morgan fingerprint density at radius 3 is 3.00 bits per heavy atom. The molecule has 1 aromatic rings. The molecular weight excluding hydrogens is 200 g/mol. The van der Waals surface area contributed by atoms with E-state index in [2.05, 4.69) is 23.3 Å². The van der Waals surface area contributed by atoms with Crippen molar-refractivity contribution in [1.29, 1.82) is 0 Å². The van der Waals surface area contributed by atoms with Gasteiger partial charge in [-0.1, -0.05) is 6.92 Å². The van der Waals surface area contributed by atoms with Crippen molar-refractivity contribution >= 4 is 0 Å². The van der Waals surface area contributed by atoms with E-state index in [9.17, 15) is 0 Å². The summed E-state index contributed by atoms with van der Waals surface area (Å²) >= 11 is 0. The molecule has 0 radical (unpaired) electrons. The van der Waals surface area contributed by atoms with Crippen molar-refractivity contribution in [2.75, 3.05) is 13.7 Å². The molecule has 1 heterocycles. The Balaban J connectivity index is 2.16. The highest BCUT2D eigenvalue weighted by Crippen LogP contribution is 2.43. The smallest absolute Gasteiger partial charge is 0.141 e. The Morgan fingerprint density at radius 1 is 1.56 bits per heavy atom. The molecule has 0 aliphatic heterocycles. The van der Waals surface area contributed by atoms with Crippen molar-refractivity contribution < 1.29 is 4.74 Å². The quantitative estimate of drug-likeness (QED) is 0.800. The molecule has 1 aromatic heterocycles. The summed E-state index contributed by atoms with van der Waals surface area (Å²) in [6, 6.07) is 2.52. The number of nitrogens with one attached hydrogen (secondary N) is 1. The minimum Gasteiger partial charge on any atom is -0.495 e.